The van der Waals surface area contributed by atoms with Crippen molar-refractivity contribution in [3.8, 4) is 11.1 Å². The van der Waals surface area contributed by atoms with Crippen molar-refractivity contribution in [3.63, 3.8) is 0 Å². The van der Waals surface area contributed by atoms with E-state index in [1.165, 1.54) is 24.3 Å². The van der Waals surface area contributed by atoms with Gasteiger partial charge in [-0.25, -0.2) is 8.78 Å². The Morgan fingerprint density at radius 1 is 1.09 bits per heavy atom. The fourth-order valence-corrected chi connectivity index (χ4v) is 2.24. The third-order valence-electron chi connectivity index (χ3n) is 3.20. The first kappa shape index (κ1) is 16.9. The first-order valence-corrected chi connectivity index (χ1v) is 6.98. The second kappa shape index (κ2) is 7.19. The summed E-state index contributed by atoms with van der Waals surface area (Å²) in [7, 11) is 0. The van der Waals surface area contributed by atoms with Gasteiger partial charge in [-0.15, -0.1) is 0 Å². The van der Waals surface area contributed by atoms with Gasteiger partial charge in [0.25, 0.3) is 0 Å². The predicted molar refractivity (Wildman–Crippen MR) is 82.0 cm³/mol. The molecular formula is C16H12ClF2NO3. The van der Waals surface area contributed by atoms with Gasteiger partial charge in [-0.2, -0.15) is 0 Å². The predicted octanol–water partition coefficient (Wildman–Crippen LogP) is 4.33. The Morgan fingerprint density at radius 3 is 2.13 bits per heavy atom. The Kier molecular flexibility index (Phi) is 5.28. The number of aliphatic carboxylic acids is 1. The van der Waals surface area contributed by atoms with E-state index in [2.05, 4.69) is 5.16 Å². The van der Waals surface area contributed by atoms with Crippen LogP contribution in [0.1, 0.15) is 18.4 Å². The van der Waals surface area contributed by atoms with Crippen molar-refractivity contribution in [3.05, 3.63) is 58.6 Å². The van der Waals surface area contributed by atoms with E-state index < -0.39 is 17.6 Å². The average Bonchev–Trinajstić information content (AvgIpc) is 2.49. The number of benzene rings is 2. The molecule has 4 nitrogen and oxygen atoms in total. The van der Waals surface area contributed by atoms with E-state index >= 15 is 0 Å². The van der Waals surface area contributed by atoms with Gasteiger partial charge in [0.1, 0.15) is 11.6 Å². The van der Waals surface area contributed by atoms with Crippen LogP contribution in [0.25, 0.3) is 11.1 Å². The number of carboxylic acid groups (broad SMARTS) is 1. The molecule has 2 rings (SSSR count). The fraction of sp³-hybridized carbons (Fsp3) is 0.125. The Balaban J connectivity index is 2.40. The van der Waals surface area contributed by atoms with Crippen LogP contribution >= 0.6 is 11.6 Å². The number of oxime groups is 1. The standard InChI is InChI=1S/C16H12ClF2NO3/c17-11-3-1-9(2-4-11)16-12(18)7-10(8-13(16)19)14(20-23)5-6-15(21)22/h1-4,7-8,23H,5-6H2,(H,21,22). The second-order valence-electron chi connectivity index (χ2n) is 4.76. The summed E-state index contributed by atoms with van der Waals surface area (Å²) in [5, 5.41) is 20.9. The maximum absolute atomic E-state index is 14.3. The summed E-state index contributed by atoms with van der Waals surface area (Å²) < 4.78 is 28.5. The lowest BCUT2D eigenvalue weighted by Crippen LogP contribution is -2.07. The number of carbonyl (C=O) groups is 1. The van der Waals surface area contributed by atoms with E-state index in [1.54, 1.807) is 0 Å². The SMILES string of the molecule is O=C(O)CCC(=NO)c1cc(F)c(-c2ccc(Cl)cc2)c(F)c1. The average molecular weight is 340 g/mol. The van der Waals surface area contributed by atoms with Crippen molar-refractivity contribution < 1.29 is 23.9 Å². The van der Waals surface area contributed by atoms with Crippen molar-refractivity contribution >= 4 is 23.3 Å². The topological polar surface area (TPSA) is 69.9 Å². The van der Waals surface area contributed by atoms with Gasteiger partial charge in [0.2, 0.25) is 0 Å². The van der Waals surface area contributed by atoms with Gasteiger partial charge in [-0.3, -0.25) is 4.79 Å². The minimum Gasteiger partial charge on any atom is -0.481 e. The largest absolute Gasteiger partial charge is 0.481 e. The molecule has 2 N–H and O–H groups in total. The van der Waals surface area contributed by atoms with Gasteiger partial charge in [0.05, 0.1) is 17.7 Å². The number of hydrogen-bond acceptors (Lipinski definition) is 3. The van der Waals surface area contributed by atoms with Crippen molar-refractivity contribution in [2.75, 3.05) is 0 Å². The minimum absolute atomic E-state index is 0.0125. The molecule has 0 aromatic heterocycles. The molecule has 0 radical (unpaired) electrons. The lowest BCUT2D eigenvalue weighted by atomic mass is 9.99. The summed E-state index contributed by atoms with van der Waals surface area (Å²) in [6.45, 7) is 0. The van der Waals surface area contributed by atoms with E-state index in [0.717, 1.165) is 12.1 Å². The molecule has 0 aliphatic carbocycles. The second-order valence-corrected chi connectivity index (χ2v) is 5.20. The summed E-state index contributed by atoms with van der Waals surface area (Å²) in [5.41, 5.74) is -0.0424. The maximum Gasteiger partial charge on any atom is 0.303 e. The monoisotopic (exact) mass is 339 g/mol. The van der Waals surface area contributed by atoms with Crippen molar-refractivity contribution in [2.24, 2.45) is 5.16 Å². The van der Waals surface area contributed by atoms with Crippen LogP contribution in [0.3, 0.4) is 0 Å². The van der Waals surface area contributed by atoms with E-state index in [4.69, 9.17) is 21.9 Å². The first-order chi connectivity index (χ1) is 10.9. The Labute approximate surface area is 135 Å². The highest BCUT2D eigenvalue weighted by Gasteiger charge is 2.16. The fourth-order valence-electron chi connectivity index (χ4n) is 2.11. The zero-order valence-corrected chi connectivity index (χ0v) is 12.5. The van der Waals surface area contributed by atoms with Gasteiger partial charge in [-0.05, 0) is 29.8 Å². The first-order valence-electron chi connectivity index (χ1n) is 6.60. The zero-order chi connectivity index (χ0) is 17.0. The molecular weight excluding hydrogens is 328 g/mol. The van der Waals surface area contributed by atoms with E-state index in [1.807, 2.05) is 0 Å². The molecule has 120 valence electrons. The Bertz CT molecular complexity index is 737. The molecule has 0 amide bonds. The van der Waals surface area contributed by atoms with Crippen molar-refractivity contribution in [1.82, 2.24) is 0 Å². The van der Waals surface area contributed by atoms with E-state index in [0.29, 0.717) is 10.6 Å². The lowest BCUT2D eigenvalue weighted by Gasteiger charge is -2.09. The third kappa shape index (κ3) is 4.04. The molecule has 2 aromatic carbocycles. The van der Waals surface area contributed by atoms with Crippen LogP contribution in [0.2, 0.25) is 5.02 Å². The smallest absolute Gasteiger partial charge is 0.303 e. The Hall–Kier alpha value is -2.47. The molecule has 7 heteroatoms. The summed E-state index contributed by atoms with van der Waals surface area (Å²) in [6, 6.07) is 7.99. The molecule has 0 saturated heterocycles. The number of carboxylic acids is 1. The molecule has 0 spiro atoms. The number of rotatable bonds is 5. The zero-order valence-electron chi connectivity index (χ0n) is 11.8. The minimum atomic E-state index is -1.11. The van der Waals surface area contributed by atoms with Crippen LogP contribution < -0.4 is 0 Å². The van der Waals surface area contributed by atoms with Crippen LogP contribution in [-0.2, 0) is 4.79 Å². The van der Waals surface area contributed by atoms with E-state index in [9.17, 15) is 13.6 Å². The quantitative estimate of drug-likeness (QED) is 0.484. The van der Waals surface area contributed by atoms with Crippen molar-refractivity contribution in [1.29, 1.82) is 0 Å². The molecule has 0 aliphatic rings. The summed E-state index contributed by atoms with van der Waals surface area (Å²) in [5.74, 6) is -2.80. The molecule has 0 unspecified atom stereocenters. The molecule has 0 heterocycles. The molecule has 0 atom stereocenters. The number of nitrogens with zero attached hydrogens (tertiary/aromatic N) is 1. The highest BCUT2D eigenvalue weighted by atomic mass is 35.5. The molecule has 23 heavy (non-hydrogen) atoms. The maximum atomic E-state index is 14.3. The van der Waals surface area contributed by atoms with Gasteiger partial charge in [-0.1, -0.05) is 28.9 Å². The van der Waals surface area contributed by atoms with E-state index in [-0.39, 0.29) is 29.7 Å². The molecule has 0 aliphatic heterocycles. The van der Waals surface area contributed by atoms with Gasteiger partial charge < -0.3 is 10.3 Å². The highest BCUT2D eigenvalue weighted by molar-refractivity contribution is 6.30. The highest BCUT2D eigenvalue weighted by Crippen LogP contribution is 2.28. The Morgan fingerprint density at radius 2 is 1.65 bits per heavy atom. The van der Waals surface area contributed by atoms with Crippen LogP contribution in [0, 0.1) is 11.6 Å². The molecule has 0 saturated carbocycles. The number of hydrogen-bond donors (Lipinski definition) is 2. The van der Waals surface area contributed by atoms with Crippen LogP contribution in [0.5, 0.6) is 0 Å². The summed E-state index contributed by atoms with van der Waals surface area (Å²) in [4.78, 5) is 10.6. The van der Waals surface area contributed by atoms with Gasteiger partial charge in [0.15, 0.2) is 0 Å². The van der Waals surface area contributed by atoms with Crippen LogP contribution in [0.15, 0.2) is 41.6 Å². The summed E-state index contributed by atoms with van der Waals surface area (Å²) in [6.07, 6.45) is -0.466. The van der Waals surface area contributed by atoms with Crippen LogP contribution in [0.4, 0.5) is 8.78 Å². The molecule has 2 aromatic rings. The summed E-state index contributed by atoms with van der Waals surface area (Å²) >= 11 is 5.75. The number of halogens is 3. The van der Waals surface area contributed by atoms with Gasteiger partial charge in [0, 0.05) is 17.0 Å². The normalized spacial score (nSPS) is 11.5. The van der Waals surface area contributed by atoms with Crippen molar-refractivity contribution in [2.45, 2.75) is 12.8 Å². The molecule has 0 bridgehead atoms. The van der Waals surface area contributed by atoms with Crippen LogP contribution in [-0.4, -0.2) is 22.0 Å². The van der Waals surface area contributed by atoms with Gasteiger partial charge >= 0.3 is 5.97 Å². The molecule has 0 fully saturated rings. The lowest BCUT2D eigenvalue weighted by molar-refractivity contribution is -0.136. The third-order valence-corrected chi connectivity index (χ3v) is 3.46.